The number of hydrogen-bond acceptors (Lipinski definition) is 7. The standard InChI is InChI=1S/C23H21ClF4N4O5/c1-30-19-18(20(34)31(22(30)35)9-2-10-33)32(12-13-3-5-14(24)6-4-13)21(29-19)36-15-7-8-16(25)17(11-15)37-23(26,27)28/h3-8,11,21,29,33H,2,9-10,12H2,1H3. The van der Waals surface area contributed by atoms with Crippen LogP contribution < -0.4 is 30.9 Å². The van der Waals surface area contributed by atoms with Gasteiger partial charge in [0.25, 0.3) is 11.9 Å². The molecular weight excluding hydrogens is 524 g/mol. The lowest BCUT2D eigenvalue weighted by Crippen LogP contribution is -2.43. The molecule has 198 valence electrons. The number of aliphatic hydroxyl groups excluding tert-OH is 1. The van der Waals surface area contributed by atoms with Crippen molar-refractivity contribution in [2.75, 3.05) is 16.8 Å². The predicted octanol–water partition coefficient (Wildman–Crippen LogP) is 3.42. The second-order valence-corrected chi connectivity index (χ2v) is 8.52. The molecule has 2 N–H and O–H groups in total. The Labute approximate surface area is 212 Å². The van der Waals surface area contributed by atoms with Crippen LogP contribution in [0.2, 0.25) is 5.02 Å². The second-order valence-electron chi connectivity index (χ2n) is 8.08. The molecule has 0 radical (unpaired) electrons. The lowest BCUT2D eigenvalue weighted by atomic mass is 10.2. The van der Waals surface area contributed by atoms with Crippen LogP contribution in [-0.4, -0.2) is 33.6 Å². The molecule has 14 heteroatoms. The monoisotopic (exact) mass is 544 g/mol. The molecule has 1 aliphatic heterocycles. The van der Waals surface area contributed by atoms with E-state index in [1.54, 1.807) is 24.3 Å². The third-order valence-electron chi connectivity index (χ3n) is 5.54. The summed E-state index contributed by atoms with van der Waals surface area (Å²) in [4.78, 5) is 27.6. The number of aromatic nitrogens is 2. The highest BCUT2D eigenvalue weighted by Crippen LogP contribution is 2.35. The zero-order valence-corrected chi connectivity index (χ0v) is 20.0. The molecule has 2 aromatic carbocycles. The van der Waals surface area contributed by atoms with Gasteiger partial charge in [-0.3, -0.25) is 13.9 Å². The summed E-state index contributed by atoms with van der Waals surface area (Å²) in [6, 6.07) is 9.26. The van der Waals surface area contributed by atoms with Crippen LogP contribution in [-0.2, 0) is 20.1 Å². The number of alkyl halides is 3. The summed E-state index contributed by atoms with van der Waals surface area (Å²) >= 11 is 5.97. The van der Waals surface area contributed by atoms with E-state index in [-0.39, 0.29) is 43.4 Å². The van der Waals surface area contributed by atoms with Crippen molar-refractivity contribution in [3.05, 3.63) is 79.7 Å². The van der Waals surface area contributed by atoms with Gasteiger partial charge in [-0.25, -0.2) is 9.18 Å². The number of nitrogens with one attached hydrogen (secondary N) is 1. The van der Waals surface area contributed by atoms with E-state index in [1.807, 2.05) is 0 Å². The smallest absolute Gasteiger partial charge is 0.452 e. The molecule has 1 atom stereocenters. The fourth-order valence-corrected chi connectivity index (χ4v) is 3.97. The van der Waals surface area contributed by atoms with Crippen LogP contribution in [0.4, 0.5) is 29.1 Å². The highest BCUT2D eigenvalue weighted by Gasteiger charge is 2.37. The molecule has 0 spiro atoms. The maximum atomic E-state index is 13.9. The number of fused-ring (bicyclic) bond motifs is 1. The van der Waals surface area contributed by atoms with E-state index in [0.717, 1.165) is 22.8 Å². The summed E-state index contributed by atoms with van der Waals surface area (Å²) in [6.45, 7) is -0.202. The third kappa shape index (κ3) is 5.67. The van der Waals surface area contributed by atoms with Gasteiger partial charge in [-0.15, -0.1) is 13.2 Å². The largest absolute Gasteiger partial charge is 0.573 e. The fourth-order valence-electron chi connectivity index (χ4n) is 3.84. The molecule has 0 amide bonds. The molecule has 3 aromatic rings. The van der Waals surface area contributed by atoms with E-state index >= 15 is 0 Å². The Morgan fingerprint density at radius 3 is 2.49 bits per heavy atom. The Hall–Kier alpha value is -3.71. The average molecular weight is 545 g/mol. The number of hydrogen-bond donors (Lipinski definition) is 2. The van der Waals surface area contributed by atoms with Gasteiger partial charge in [0.15, 0.2) is 11.6 Å². The number of benzene rings is 2. The summed E-state index contributed by atoms with van der Waals surface area (Å²) in [5.74, 6) is -2.43. The quantitative estimate of drug-likeness (QED) is 0.419. The highest BCUT2D eigenvalue weighted by atomic mass is 35.5. The first kappa shape index (κ1) is 26.4. The van der Waals surface area contributed by atoms with Gasteiger partial charge in [0, 0.05) is 37.8 Å². The van der Waals surface area contributed by atoms with E-state index in [4.69, 9.17) is 16.3 Å². The number of halogens is 5. The first-order valence-corrected chi connectivity index (χ1v) is 11.3. The maximum Gasteiger partial charge on any atom is 0.573 e. The van der Waals surface area contributed by atoms with Gasteiger partial charge in [-0.05, 0) is 36.2 Å². The number of nitrogens with zero attached hydrogens (tertiary/aromatic N) is 3. The Kier molecular flexibility index (Phi) is 7.37. The van der Waals surface area contributed by atoms with Gasteiger partial charge in [0.1, 0.15) is 17.3 Å². The topological polar surface area (TPSA) is 98.0 Å². The number of rotatable bonds is 8. The van der Waals surface area contributed by atoms with Crippen LogP contribution >= 0.6 is 11.6 Å². The zero-order chi connectivity index (χ0) is 26.9. The van der Waals surface area contributed by atoms with Crippen molar-refractivity contribution in [1.82, 2.24) is 9.13 Å². The molecule has 1 unspecified atom stereocenters. The van der Waals surface area contributed by atoms with Crippen molar-refractivity contribution in [3.8, 4) is 11.5 Å². The zero-order valence-electron chi connectivity index (χ0n) is 19.3. The van der Waals surface area contributed by atoms with Gasteiger partial charge >= 0.3 is 12.1 Å². The molecule has 0 bridgehead atoms. The summed E-state index contributed by atoms with van der Waals surface area (Å²) < 4.78 is 63.6. The Morgan fingerprint density at radius 1 is 1.14 bits per heavy atom. The lowest BCUT2D eigenvalue weighted by Gasteiger charge is -2.27. The molecule has 37 heavy (non-hydrogen) atoms. The third-order valence-corrected chi connectivity index (χ3v) is 5.79. The Bertz CT molecular complexity index is 1410. The van der Waals surface area contributed by atoms with Crippen LogP contribution in [0.25, 0.3) is 0 Å². The van der Waals surface area contributed by atoms with Crippen LogP contribution in [0.5, 0.6) is 11.5 Å². The average Bonchev–Trinajstić information content (AvgIpc) is 3.18. The van der Waals surface area contributed by atoms with E-state index < -0.39 is 35.5 Å². The van der Waals surface area contributed by atoms with E-state index in [2.05, 4.69) is 10.1 Å². The number of aliphatic hydroxyl groups is 1. The molecule has 2 heterocycles. The first-order valence-electron chi connectivity index (χ1n) is 10.9. The number of ether oxygens (including phenoxy) is 2. The van der Waals surface area contributed by atoms with Gasteiger partial charge in [-0.1, -0.05) is 23.7 Å². The lowest BCUT2D eigenvalue weighted by molar-refractivity contribution is -0.275. The molecular formula is C23H21ClF4N4O5. The van der Waals surface area contributed by atoms with Crippen molar-refractivity contribution >= 4 is 23.1 Å². The van der Waals surface area contributed by atoms with Crippen molar-refractivity contribution in [2.45, 2.75) is 32.2 Å². The first-order chi connectivity index (χ1) is 17.5. The highest BCUT2D eigenvalue weighted by molar-refractivity contribution is 6.30. The van der Waals surface area contributed by atoms with Crippen molar-refractivity contribution in [2.24, 2.45) is 7.05 Å². The fraction of sp³-hybridized carbons (Fsp3) is 0.304. The molecule has 1 aromatic heterocycles. The number of anilines is 2. The van der Waals surface area contributed by atoms with Gasteiger partial charge in [0.05, 0.1) is 0 Å². The summed E-state index contributed by atoms with van der Waals surface area (Å²) in [6.07, 6.45) is -6.14. The minimum atomic E-state index is -5.13. The Morgan fingerprint density at radius 2 is 1.84 bits per heavy atom. The molecule has 0 saturated heterocycles. The minimum Gasteiger partial charge on any atom is -0.452 e. The van der Waals surface area contributed by atoms with Crippen LogP contribution in [0, 0.1) is 5.82 Å². The normalized spacial score (nSPS) is 14.9. The van der Waals surface area contributed by atoms with Gasteiger partial charge < -0.3 is 24.8 Å². The van der Waals surface area contributed by atoms with Crippen molar-refractivity contribution < 1.29 is 32.1 Å². The van der Waals surface area contributed by atoms with Crippen LogP contribution in [0.3, 0.4) is 0 Å². The summed E-state index contributed by atoms with van der Waals surface area (Å²) in [7, 11) is 1.43. The summed E-state index contributed by atoms with van der Waals surface area (Å²) in [5.41, 5.74) is -0.532. The summed E-state index contributed by atoms with van der Waals surface area (Å²) in [5, 5.41) is 12.6. The van der Waals surface area contributed by atoms with Crippen molar-refractivity contribution in [1.29, 1.82) is 0 Å². The minimum absolute atomic E-state index is 0.0360. The molecule has 0 aliphatic carbocycles. The second kappa shape index (κ2) is 10.3. The SMILES string of the molecule is Cn1c2c(c(=O)n(CCCO)c1=O)N(Cc1ccc(Cl)cc1)C(Oc1ccc(F)c(OC(F)(F)F)c1)N2. The van der Waals surface area contributed by atoms with E-state index in [9.17, 15) is 32.3 Å². The molecule has 9 nitrogen and oxygen atoms in total. The molecule has 1 aliphatic rings. The van der Waals surface area contributed by atoms with Crippen molar-refractivity contribution in [3.63, 3.8) is 0 Å². The van der Waals surface area contributed by atoms with Gasteiger partial charge in [0.2, 0.25) is 0 Å². The van der Waals surface area contributed by atoms with Crippen LogP contribution in [0.15, 0.2) is 52.1 Å². The van der Waals surface area contributed by atoms with E-state index in [1.165, 1.54) is 16.5 Å². The van der Waals surface area contributed by atoms with E-state index in [0.29, 0.717) is 10.6 Å². The molecule has 0 fully saturated rings. The molecule has 4 rings (SSSR count). The maximum absolute atomic E-state index is 13.9. The van der Waals surface area contributed by atoms with Gasteiger partial charge in [-0.2, -0.15) is 0 Å². The Balaban J connectivity index is 1.76. The molecule has 0 saturated carbocycles. The predicted molar refractivity (Wildman–Crippen MR) is 126 cm³/mol. The van der Waals surface area contributed by atoms with Crippen LogP contribution in [0.1, 0.15) is 12.0 Å².